The van der Waals surface area contributed by atoms with Crippen LogP contribution in [0, 0.1) is 0 Å². The molecule has 4 aromatic carbocycles. The van der Waals surface area contributed by atoms with Gasteiger partial charge in [0.25, 0.3) is 0 Å². The number of benzene rings is 4. The molecule has 51 heavy (non-hydrogen) atoms. The first kappa shape index (κ1) is 40.3. The molecule has 13 heteroatoms. The highest BCUT2D eigenvalue weighted by Crippen LogP contribution is 2.30. The number of carbonyl (C=O) groups excluding carboxylic acids is 2. The molecule has 6 rings (SSSR count). The summed E-state index contributed by atoms with van der Waals surface area (Å²) in [7, 11) is 0. The number of hydrogen-bond acceptors (Lipinski definition) is 11. The van der Waals surface area contributed by atoms with Crippen molar-refractivity contribution in [1.82, 2.24) is 0 Å². The minimum absolute atomic E-state index is 0.0538. The third-order valence-electron chi connectivity index (χ3n) is 7.49. The minimum Gasteiger partial charge on any atom is -0.491 e. The first-order valence-corrected chi connectivity index (χ1v) is 22.3. The lowest BCUT2D eigenvalue weighted by Gasteiger charge is -2.15. The van der Waals surface area contributed by atoms with Crippen LogP contribution in [0.3, 0.4) is 0 Å². The van der Waals surface area contributed by atoms with E-state index in [0.29, 0.717) is 30.3 Å². The lowest BCUT2D eigenvalue weighted by atomic mass is 10.0. The average Bonchev–Trinajstić information content (AvgIpc) is 4.11. The van der Waals surface area contributed by atoms with E-state index in [1.54, 1.807) is 30.3 Å². The quantitative estimate of drug-likeness (QED) is 0.0548. The summed E-state index contributed by atoms with van der Waals surface area (Å²) in [5.41, 5.74) is 1.36. The summed E-state index contributed by atoms with van der Waals surface area (Å²) in [5.74, 6) is 0.754. The molecule has 0 spiro atoms. The number of epoxide rings is 2. The van der Waals surface area contributed by atoms with Crippen LogP contribution in [0.25, 0.3) is 21.5 Å². The lowest BCUT2D eigenvalue weighted by molar-refractivity contribution is -0.142. The summed E-state index contributed by atoms with van der Waals surface area (Å²) < 4.78 is 36.9. The van der Waals surface area contributed by atoms with E-state index in [-0.39, 0.29) is 26.4 Å². The highest BCUT2D eigenvalue weighted by molar-refractivity contribution is 15.0. The zero-order valence-electron chi connectivity index (χ0n) is 27.8. The number of halogens is 2. The smallest absolute Gasteiger partial charge is 0.330 e. The van der Waals surface area contributed by atoms with E-state index in [0.717, 1.165) is 48.3 Å². The number of ether oxygens (including phenoxy) is 7. The predicted octanol–water partition coefficient (Wildman–Crippen LogP) is 6.11. The zero-order chi connectivity index (χ0) is 36.6. The number of hydrogen-bond donors (Lipinski definition) is 2. The Morgan fingerprint density at radius 2 is 1.25 bits per heavy atom. The van der Waals surface area contributed by atoms with Gasteiger partial charge in [-0.1, -0.05) is 49.6 Å². The maximum atomic E-state index is 11.0. The molecule has 11 nitrogen and oxygen atoms in total. The third-order valence-corrected chi connectivity index (χ3v) is 7.49. The molecule has 0 radical (unpaired) electrons. The number of rotatable bonds is 17. The van der Waals surface area contributed by atoms with Crippen molar-refractivity contribution in [3.8, 4) is 17.2 Å². The van der Waals surface area contributed by atoms with Crippen LogP contribution in [0.2, 0.25) is 0 Å². The minimum atomic E-state index is -0.983. The molecule has 0 bridgehead atoms. The van der Waals surface area contributed by atoms with Crippen molar-refractivity contribution in [1.29, 1.82) is 0 Å². The Balaban J connectivity index is 0.000000236. The fourth-order valence-electron chi connectivity index (χ4n) is 4.78. The van der Waals surface area contributed by atoms with Crippen LogP contribution >= 0.6 is 37.2 Å². The Labute approximate surface area is 319 Å². The van der Waals surface area contributed by atoms with Crippen molar-refractivity contribution >= 4 is 70.7 Å². The van der Waals surface area contributed by atoms with Gasteiger partial charge in [0.2, 0.25) is 0 Å². The SMILES string of the molecule is C=CC(=O)OCC(O)COc1ccc2c(OCC(O)COC(=O)C=C)cccc2c1.II.c1cc(CC2CO2)c2ccc(OCC3CO3)cc2c1. The van der Waals surface area contributed by atoms with Crippen molar-refractivity contribution in [2.24, 2.45) is 0 Å². The topological polar surface area (TPSA) is 146 Å². The van der Waals surface area contributed by atoms with Crippen molar-refractivity contribution in [3.05, 3.63) is 104 Å². The van der Waals surface area contributed by atoms with E-state index in [2.05, 4.69) is 80.7 Å². The van der Waals surface area contributed by atoms with Gasteiger partial charge in [0.1, 0.15) is 68.6 Å². The first-order valence-electron chi connectivity index (χ1n) is 16.1. The third kappa shape index (κ3) is 13.9. The lowest BCUT2D eigenvalue weighted by Crippen LogP contribution is -2.25. The Hall–Kier alpha value is -3.48. The van der Waals surface area contributed by atoms with E-state index in [4.69, 9.17) is 33.2 Å². The van der Waals surface area contributed by atoms with Crippen LogP contribution in [-0.4, -0.2) is 92.8 Å². The van der Waals surface area contributed by atoms with E-state index >= 15 is 0 Å². The standard InChI is InChI=1S/C22H24O8.C16H16O3.I2/c1-3-21(25)29-13-16(23)11-27-18-8-9-19-15(10-18)6-5-7-20(19)28-12-17(24)14-30-22(26)4-2;1-2-11-6-13(17-9-15-10-19-15)4-5-16(11)12(3-1)7-14-8-18-14;1-2/h3-10,16-17,23-24H,1-2,11-14H2;1-6,14-15H,7-10H2;. The van der Waals surface area contributed by atoms with E-state index in [1.807, 2.05) is 12.1 Å². The number of esters is 2. The molecule has 2 aliphatic rings. The van der Waals surface area contributed by atoms with Gasteiger partial charge in [-0.3, -0.25) is 0 Å². The molecule has 2 aliphatic heterocycles. The fourth-order valence-corrected chi connectivity index (χ4v) is 4.78. The summed E-state index contributed by atoms with van der Waals surface area (Å²) in [6.45, 7) is 8.44. The van der Waals surface area contributed by atoms with Gasteiger partial charge in [-0.2, -0.15) is 0 Å². The monoisotopic (exact) mass is 926 g/mol. The van der Waals surface area contributed by atoms with Crippen LogP contribution in [0.1, 0.15) is 5.56 Å². The predicted molar refractivity (Wildman–Crippen MR) is 210 cm³/mol. The summed E-state index contributed by atoms with van der Waals surface area (Å²) in [4.78, 5) is 22.0. The molecule has 4 unspecified atom stereocenters. The molecule has 2 fully saturated rings. The first-order chi connectivity index (χ1) is 24.8. The van der Waals surface area contributed by atoms with Crippen LogP contribution < -0.4 is 14.2 Å². The fraction of sp³-hybridized carbons (Fsp3) is 0.316. The molecule has 2 N–H and O–H groups in total. The highest BCUT2D eigenvalue weighted by Gasteiger charge is 2.24. The number of aliphatic hydroxyl groups is 2. The maximum absolute atomic E-state index is 11.0. The second-order valence-corrected chi connectivity index (χ2v) is 11.5. The maximum Gasteiger partial charge on any atom is 0.330 e. The van der Waals surface area contributed by atoms with Crippen LogP contribution in [0.5, 0.6) is 17.2 Å². The van der Waals surface area contributed by atoms with Gasteiger partial charge in [0.05, 0.1) is 19.3 Å². The molecule has 0 aliphatic carbocycles. The van der Waals surface area contributed by atoms with Gasteiger partial charge >= 0.3 is 11.9 Å². The molecule has 0 aromatic heterocycles. The van der Waals surface area contributed by atoms with Crippen molar-refractivity contribution in [2.75, 3.05) is 46.2 Å². The van der Waals surface area contributed by atoms with Crippen LogP contribution in [-0.2, 0) is 35.0 Å². The van der Waals surface area contributed by atoms with Crippen molar-refractivity contribution in [2.45, 2.75) is 30.8 Å². The zero-order valence-corrected chi connectivity index (χ0v) is 32.1. The van der Waals surface area contributed by atoms with Gasteiger partial charge in [-0.15, -0.1) is 0 Å². The van der Waals surface area contributed by atoms with Gasteiger partial charge in [0, 0.05) is 61.2 Å². The molecular formula is C38H40I2O11. The second kappa shape index (κ2) is 21.1. The van der Waals surface area contributed by atoms with E-state index in [1.165, 1.54) is 16.3 Å². The average molecular weight is 927 g/mol. The van der Waals surface area contributed by atoms with Crippen molar-refractivity contribution in [3.63, 3.8) is 0 Å². The molecule has 2 saturated heterocycles. The summed E-state index contributed by atoms with van der Waals surface area (Å²) in [6.07, 6.45) is 1.81. The van der Waals surface area contributed by atoms with Crippen LogP contribution in [0.15, 0.2) is 98.1 Å². The molecule has 4 atom stereocenters. The van der Waals surface area contributed by atoms with E-state index in [9.17, 15) is 19.8 Å². The number of aliphatic hydroxyl groups excluding tert-OH is 2. The molecule has 0 amide bonds. The normalized spacial score (nSPS) is 16.5. The largest absolute Gasteiger partial charge is 0.491 e. The molecule has 2 heterocycles. The number of carbonyl (C=O) groups is 2. The molecule has 0 saturated carbocycles. The molecule has 4 aromatic rings. The Morgan fingerprint density at radius 3 is 1.84 bits per heavy atom. The molecule has 272 valence electrons. The van der Waals surface area contributed by atoms with E-state index < -0.39 is 24.1 Å². The molecular weight excluding hydrogens is 886 g/mol. The summed E-state index contributed by atoms with van der Waals surface area (Å²) in [5, 5.41) is 23.8. The Bertz CT molecular complexity index is 1760. The summed E-state index contributed by atoms with van der Waals surface area (Å²) >= 11 is 4.24. The van der Waals surface area contributed by atoms with Gasteiger partial charge in [-0.25, -0.2) is 9.59 Å². The Morgan fingerprint density at radius 1 is 0.725 bits per heavy atom. The van der Waals surface area contributed by atoms with Gasteiger partial charge < -0.3 is 43.4 Å². The van der Waals surface area contributed by atoms with Crippen LogP contribution in [0.4, 0.5) is 0 Å². The highest BCUT2D eigenvalue weighted by atomic mass is 128. The second-order valence-electron chi connectivity index (χ2n) is 11.5. The Kier molecular flexibility index (Phi) is 16.7. The van der Waals surface area contributed by atoms with Gasteiger partial charge in [-0.05, 0) is 58.1 Å². The van der Waals surface area contributed by atoms with Crippen molar-refractivity contribution < 1.29 is 53.0 Å². The summed E-state index contributed by atoms with van der Waals surface area (Å²) in [6, 6.07) is 23.4. The number of fused-ring (bicyclic) bond motifs is 2. The van der Waals surface area contributed by atoms with Gasteiger partial charge in [0.15, 0.2) is 0 Å².